The molecule has 162 valence electrons. The van der Waals surface area contributed by atoms with Crippen molar-refractivity contribution in [2.24, 2.45) is 0 Å². The second-order valence-electron chi connectivity index (χ2n) is 7.16. The van der Waals surface area contributed by atoms with E-state index in [9.17, 15) is 18.4 Å². The average molecular weight is 436 g/mol. The number of fused-ring (bicyclic) bond motifs is 1. The highest BCUT2D eigenvalue weighted by atomic mass is 19.1. The molecule has 0 unspecified atom stereocenters. The van der Waals surface area contributed by atoms with E-state index in [1.165, 1.54) is 31.6 Å². The molecule has 6 nitrogen and oxygen atoms in total. The lowest BCUT2D eigenvalue weighted by Gasteiger charge is -2.14. The molecular formula is C24H18F2N2O4. The van der Waals surface area contributed by atoms with E-state index < -0.39 is 23.2 Å². The van der Waals surface area contributed by atoms with Gasteiger partial charge in [-0.15, -0.1) is 0 Å². The summed E-state index contributed by atoms with van der Waals surface area (Å²) in [5.41, 5.74) is 1.13. The number of carbonyl (C=O) groups is 1. The summed E-state index contributed by atoms with van der Waals surface area (Å²) < 4.78 is 39.9. The van der Waals surface area contributed by atoms with Crippen molar-refractivity contribution >= 4 is 16.9 Å². The number of aryl methyl sites for hydroxylation is 1. The average Bonchev–Trinajstić information content (AvgIpc) is 2.77. The van der Waals surface area contributed by atoms with Gasteiger partial charge in [0.15, 0.2) is 0 Å². The molecule has 32 heavy (non-hydrogen) atoms. The molecule has 8 heteroatoms. The maximum Gasteiger partial charge on any atom is 0.337 e. The molecule has 1 aromatic heterocycles. The Kier molecular flexibility index (Phi) is 5.68. The van der Waals surface area contributed by atoms with E-state index in [0.717, 1.165) is 6.07 Å². The lowest BCUT2D eigenvalue weighted by molar-refractivity contribution is 0.0600. The minimum absolute atomic E-state index is 0.0725. The lowest BCUT2D eigenvalue weighted by Crippen LogP contribution is -2.14. The van der Waals surface area contributed by atoms with E-state index in [1.54, 1.807) is 41.8 Å². The van der Waals surface area contributed by atoms with Gasteiger partial charge in [-0.2, -0.15) is 4.98 Å². The fourth-order valence-electron chi connectivity index (χ4n) is 3.42. The highest BCUT2D eigenvalue weighted by molar-refractivity contribution is 5.89. The van der Waals surface area contributed by atoms with Gasteiger partial charge in [0.05, 0.1) is 36.4 Å². The first-order valence-corrected chi connectivity index (χ1v) is 9.65. The Morgan fingerprint density at radius 2 is 1.84 bits per heavy atom. The van der Waals surface area contributed by atoms with Crippen LogP contribution in [0.15, 0.2) is 65.7 Å². The molecule has 0 bridgehead atoms. The minimum atomic E-state index is -0.667. The van der Waals surface area contributed by atoms with Crippen LogP contribution >= 0.6 is 0 Å². The molecule has 0 saturated heterocycles. The van der Waals surface area contributed by atoms with E-state index in [0.29, 0.717) is 33.7 Å². The number of nitrogens with zero attached hydrogens (tertiary/aromatic N) is 2. The summed E-state index contributed by atoms with van der Waals surface area (Å²) >= 11 is 0. The predicted octanol–water partition coefficient (Wildman–Crippen LogP) is 4.61. The smallest absolute Gasteiger partial charge is 0.337 e. The molecule has 0 spiro atoms. The summed E-state index contributed by atoms with van der Waals surface area (Å²) in [7, 11) is 1.29. The Balaban J connectivity index is 1.70. The van der Waals surface area contributed by atoms with Crippen LogP contribution in [0.25, 0.3) is 10.9 Å². The van der Waals surface area contributed by atoms with E-state index >= 15 is 0 Å². The minimum Gasteiger partial charge on any atom is -0.465 e. The number of ether oxygens (including phenoxy) is 2. The SMILES string of the molecule is COC(=O)c1cccc(Oc2ccc3c(c2)c(=O)ncn3Cc2c(C)cc(F)cc2F)c1. The number of rotatable bonds is 5. The number of methoxy groups -OCH3 is 1. The summed E-state index contributed by atoms with van der Waals surface area (Å²) in [6.07, 6.45) is 1.33. The Labute approximate surface area is 181 Å². The zero-order valence-corrected chi connectivity index (χ0v) is 17.3. The third kappa shape index (κ3) is 4.20. The third-order valence-corrected chi connectivity index (χ3v) is 5.02. The van der Waals surface area contributed by atoms with Gasteiger partial charge in [-0.1, -0.05) is 6.07 Å². The van der Waals surface area contributed by atoms with Gasteiger partial charge in [0.1, 0.15) is 23.1 Å². The summed E-state index contributed by atoms with van der Waals surface area (Å²) in [5, 5.41) is 0.272. The van der Waals surface area contributed by atoms with Crippen LogP contribution in [0.2, 0.25) is 0 Å². The molecule has 4 rings (SSSR count). The largest absolute Gasteiger partial charge is 0.465 e. The number of carbonyl (C=O) groups excluding carboxylic acids is 1. The van der Waals surface area contributed by atoms with Crippen LogP contribution in [0.3, 0.4) is 0 Å². The molecule has 4 aromatic rings. The van der Waals surface area contributed by atoms with Gasteiger partial charge in [0.2, 0.25) is 0 Å². The highest BCUT2D eigenvalue weighted by Crippen LogP contribution is 2.26. The summed E-state index contributed by atoms with van der Waals surface area (Å²) in [4.78, 5) is 28.0. The molecule has 0 aliphatic rings. The molecule has 0 saturated carbocycles. The molecule has 0 amide bonds. The van der Waals surface area contributed by atoms with Crippen molar-refractivity contribution in [3.63, 3.8) is 0 Å². The Bertz CT molecular complexity index is 1380. The van der Waals surface area contributed by atoms with Gasteiger partial charge < -0.3 is 14.0 Å². The molecule has 0 N–H and O–H groups in total. The molecule has 0 aliphatic heterocycles. The summed E-state index contributed by atoms with van der Waals surface area (Å²) in [5.74, 6) is -1.06. The zero-order chi connectivity index (χ0) is 22.8. The van der Waals surface area contributed by atoms with Gasteiger partial charge in [-0.05, 0) is 55.0 Å². The van der Waals surface area contributed by atoms with Crippen LogP contribution in [0.1, 0.15) is 21.5 Å². The first-order valence-electron chi connectivity index (χ1n) is 9.65. The molecule has 0 radical (unpaired) electrons. The quantitative estimate of drug-likeness (QED) is 0.428. The molecular weight excluding hydrogens is 418 g/mol. The number of aromatic nitrogens is 2. The van der Waals surface area contributed by atoms with Crippen molar-refractivity contribution < 1.29 is 23.0 Å². The first kappa shape index (κ1) is 21.2. The maximum absolute atomic E-state index is 14.3. The molecule has 0 atom stereocenters. The number of hydrogen-bond acceptors (Lipinski definition) is 5. The van der Waals surface area contributed by atoms with Gasteiger partial charge in [-0.3, -0.25) is 4.79 Å². The molecule has 1 heterocycles. The fraction of sp³-hybridized carbons (Fsp3) is 0.125. The van der Waals surface area contributed by atoms with Crippen LogP contribution in [0.5, 0.6) is 11.5 Å². The normalized spacial score (nSPS) is 10.9. The first-order chi connectivity index (χ1) is 15.4. The number of benzene rings is 3. The number of esters is 1. The highest BCUT2D eigenvalue weighted by Gasteiger charge is 2.13. The topological polar surface area (TPSA) is 70.4 Å². The lowest BCUT2D eigenvalue weighted by atomic mass is 10.1. The van der Waals surface area contributed by atoms with Crippen molar-refractivity contribution in [1.29, 1.82) is 0 Å². The van der Waals surface area contributed by atoms with E-state index in [2.05, 4.69) is 4.98 Å². The number of hydrogen-bond donors (Lipinski definition) is 0. The van der Waals surface area contributed by atoms with Crippen molar-refractivity contribution in [3.05, 3.63) is 99.6 Å². The van der Waals surface area contributed by atoms with Crippen molar-refractivity contribution in [2.75, 3.05) is 7.11 Å². The van der Waals surface area contributed by atoms with E-state index in [1.807, 2.05) is 0 Å². The Morgan fingerprint density at radius 1 is 1.06 bits per heavy atom. The van der Waals surface area contributed by atoms with Crippen LogP contribution in [0.4, 0.5) is 8.78 Å². The van der Waals surface area contributed by atoms with Crippen LogP contribution in [-0.4, -0.2) is 22.6 Å². The Morgan fingerprint density at radius 3 is 2.59 bits per heavy atom. The predicted molar refractivity (Wildman–Crippen MR) is 114 cm³/mol. The van der Waals surface area contributed by atoms with Crippen molar-refractivity contribution in [2.45, 2.75) is 13.5 Å². The van der Waals surface area contributed by atoms with Gasteiger partial charge >= 0.3 is 5.97 Å². The monoisotopic (exact) mass is 436 g/mol. The van der Waals surface area contributed by atoms with Crippen LogP contribution in [0, 0.1) is 18.6 Å². The van der Waals surface area contributed by atoms with Crippen molar-refractivity contribution in [3.8, 4) is 11.5 Å². The molecule has 3 aromatic carbocycles. The summed E-state index contributed by atoms with van der Waals surface area (Å²) in [6, 6.07) is 13.4. The van der Waals surface area contributed by atoms with E-state index in [-0.39, 0.29) is 11.9 Å². The van der Waals surface area contributed by atoms with E-state index in [4.69, 9.17) is 9.47 Å². The zero-order valence-electron chi connectivity index (χ0n) is 17.3. The van der Waals surface area contributed by atoms with Gasteiger partial charge in [0.25, 0.3) is 5.56 Å². The fourth-order valence-corrected chi connectivity index (χ4v) is 3.42. The van der Waals surface area contributed by atoms with Crippen molar-refractivity contribution in [1.82, 2.24) is 9.55 Å². The second-order valence-corrected chi connectivity index (χ2v) is 7.16. The summed E-state index contributed by atoms with van der Waals surface area (Å²) in [6.45, 7) is 1.69. The third-order valence-electron chi connectivity index (χ3n) is 5.02. The molecule has 0 aliphatic carbocycles. The van der Waals surface area contributed by atoms with Gasteiger partial charge in [0, 0.05) is 11.6 Å². The van der Waals surface area contributed by atoms with Crippen LogP contribution < -0.4 is 10.3 Å². The van der Waals surface area contributed by atoms with Gasteiger partial charge in [-0.25, -0.2) is 13.6 Å². The van der Waals surface area contributed by atoms with Crippen LogP contribution in [-0.2, 0) is 11.3 Å². The molecule has 0 fully saturated rings. The second kappa shape index (κ2) is 8.58. The Hall–Kier alpha value is -4.07. The standard InChI is InChI=1S/C24H18F2N2O4/c1-14-8-16(25)10-21(26)20(14)12-28-13-27-23(29)19-11-18(6-7-22(19)28)32-17-5-3-4-15(9-17)24(30)31-2/h3-11,13H,12H2,1-2H3. The number of halogens is 2. The maximum atomic E-state index is 14.3.